The number of aromatic nitrogens is 2. The van der Waals surface area contributed by atoms with Gasteiger partial charge in [-0.05, 0) is 12.8 Å². The number of fused-ring (bicyclic) bond motifs is 1. The minimum absolute atomic E-state index is 0.0984. The largest absolute Gasteiger partial charge is 0.282 e. The fourth-order valence-corrected chi connectivity index (χ4v) is 5.24. The molecule has 1 aromatic rings. The molecule has 0 N–H and O–H groups in total. The van der Waals surface area contributed by atoms with Crippen LogP contribution in [-0.2, 0) is 16.8 Å². The molecular weight excluding hydrogens is 300 g/mol. The molecule has 1 aliphatic carbocycles. The molecule has 7 heteroatoms. The van der Waals surface area contributed by atoms with Gasteiger partial charge in [0.2, 0.25) is 0 Å². The predicted molar refractivity (Wildman–Crippen MR) is 84.4 cm³/mol. The van der Waals surface area contributed by atoms with Crippen molar-refractivity contribution in [3.8, 4) is 0 Å². The second-order valence-electron chi connectivity index (χ2n) is 6.44. The van der Waals surface area contributed by atoms with Crippen LogP contribution >= 0.6 is 0 Å². The standard InChI is InChI=1S/C15H24N4O2S/c1-12-9-19(10-13-8-16-11-17-15(12)13)22(20,21)18(2)14-6-4-3-5-7-14/h8,11-12,14H,3-7,9-10H2,1-2H3. The Morgan fingerprint density at radius 2 is 2.00 bits per heavy atom. The SMILES string of the molecule is CC1CN(S(=O)(=O)N(C)C2CCCCC2)Cc2cncnc21. The molecule has 22 heavy (non-hydrogen) atoms. The fourth-order valence-electron chi connectivity index (χ4n) is 3.57. The summed E-state index contributed by atoms with van der Waals surface area (Å²) in [4.78, 5) is 8.34. The van der Waals surface area contributed by atoms with Gasteiger partial charge in [0.1, 0.15) is 6.33 Å². The molecule has 0 amide bonds. The highest BCUT2D eigenvalue weighted by Crippen LogP contribution is 2.30. The molecule has 1 aliphatic heterocycles. The summed E-state index contributed by atoms with van der Waals surface area (Å²) in [6, 6.07) is 0.141. The van der Waals surface area contributed by atoms with Gasteiger partial charge in [0.25, 0.3) is 10.2 Å². The zero-order valence-corrected chi connectivity index (χ0v) is 14.1. The van der Waals surface area contributed by atoms with E-state index >= 15 is 0 Å². The predicted octanol–water partition coefficient (Wildman–Crippen LogP) is 1.90. The second-order valence-corrected chi connectivity index (χ2v) is 8.43. The van der Waals surface area contributed by atoms with E-state index in [-0.39, 0.29) is 12.0 Å². The smallest absolute Gasteiger partial charge is 0.244 e. The Balaban J connectivity index is 1.81. The lowest BCUT2D eigenvalue weighted by molar-refractivity contribution is 0.253. The molecule has 6 nitrogen and oxygen atoms in total. The summed E-state index contributed by atoms with van der Waals surface area (Å²) >= 11 is 0. The van der Waals surface area contributed by atoms with Crippen molar-refractivity contribution in [1.29, 1.82) is 0 Å². The van der Waals surface area contributed by atoms with Crippen molar-refractivity contribution in [3.63, 3.8) is 0 Å². The summed E-state index contributed by atoms with van der Waals surface area (Å²) in [5.41, 5.74) is 1.89. The average molecular weight is 324 g/mol. The number of nitrogens with zero attached hydrogens (tertiary/aromatic N) is 4. The summed E-state index contributed by atoms with van der Waals surface area (Å²) in [6.45, 7) is 2.89. The van der Waals surface area contributed by atoms with Crippen LogP contribution in [0.3, 0.4) is 0 Å². The van der Waals surface area contributed by atoms with Gasteiger partial charge in [0, 0.05) is 43.9 Å². The molecule has 3 rings (SSSR count). The highest BCUT2D eigenvalue weighted by molar-refractivity contribution is 7.86. The number of rotatable bonds is 3. The van der Waals surface area contributed by atoms with Crippen LogP contribution in [0.5, 0.6) is 0 Å². The Hall–Kier alpha value is -1.05. The van der Waals surface area contributed by atoms with Gasteiger partial charge >= 0.3 is 0 Å². The third-order valence-corrected chi connectivity index (χ3v) is 6.85. The lowest BCUT2D eigenvalue weighted by atomic mass is 9.96. The monoisotopic (exact) mass is 324 g/mol. The second kappa shape index (κ2) is 6.22. The highest BCUT2D eigenvalue weighted by atomic mass is 32.2. The van der Waals surface area contributed by atoms with Crippen molar-refractivity contribution in [2.24, 2.45) is 0 Å². The summed E-state index contributed by atoms with van der Waals surface area (Å²) in [6.07, 6.45) is 8.68. The van der Waals surface area contributed by atoms with Gasteiger partial charge in [0.05, 0.1) is 5.69 Å². The molecule has 0 saturated heterocycles. The first-order valence-corrected chi connectivity index (χ1v) is 9.41. The molecule has 0 aromatic carbocycles. The first-order chi connectivity index (χ1) is 10.5. The van der Waals surface area contributed by atoms with Gasteiger partial charge in [-0.3, -0.25) is 0 Å². The van der Waals surface area contributed by atoms with Crippen LogP contribution in [0.1, 0.15) is 56.2 Å². The summed E-state index contributed by atoms with van der Waals surface area (Å²) in [5.74, 6) is 0.0984. The van der Waals surface area contributed by atoms with Gasteiger partial charge in [-0.15, -0.1) is 0 Å². The quantitative estimate of drug-likeness (QED) is 0.852. The first kappa shape index (κ1) is 15.8. The Morgan fingerprint density at radius 3 is 2.73 bits per heavy atom. The maximum Gasteiger partial charge on any atom is 0.282 e. The van der Waals surface area contributed by atoms with Crippen LogP contribution in [-0.4, -0.2) is 46.6 Å². The van der Waals surface area contributed by atoms with E-state index < -0.39 is 10.2 Å². The molecule has 2 aliphatic rings. The van der Waals surface area contributed by atoms with E-state index in [4.69, 9.17) is 0 Å². The van der Waals surface area contributed by atoms with E-state index in [0.29, 0.717) is 13.1 Å². The van der Waals surface area contributed by atoms with Crippen LogP contribution in [0.2, 0.25) is 0 Å². The van der Waals surface area contributed by atoms with E-state index in [9.17, 15) is 8.42 Å². The molecule has 1 atom stereocenters. The van der Waals surface area contributed by atoms with Crippen molar-refractivity contribution in [3.05, 3.63) is 23.8 Å². The molecule has 1 saturated carbocycles. The zero-order chi connectivity index (χ0) is 15.7. The van der Waals surface area contributed by atoms with Crippen LogP contribution in [0.15, 0.2) is 12.5 Å². The topological polar surface area (TPSA) is 66.4 Å². The average Bonchev–Trinajstić information content (AvgIpc) is 2.55. The van der Waals surface area contributed by atoms with Crippen molar-refractivity contribution in [1.82, 2.24) is 18.6 Å². The minimum Gasteiger partial charge on any atom is -0.244 e. The number of hydrogen-bond donors (Lipinski definition) is 0. The van der Waals surface area contributed by atoms with Gasteiger partial charge in [-0.2, -0.15) is 17.0 Å². The molecule has 0 spiro atoms. The zero-order valence-electron chi connectivity index (χ0n) is 13.3. The van der Waals surface area contributed by atoms with E-state index in [2.05, 4.69) is 9.97 Å². The fraction of sp³-hybridized carbons (Fsp3) is 0.733. The van der Waals surface area contributed by atoms with E-state index in [1.807, 2.05) is 6.92 Å². The van der Waals surface area contributed by atoms with Gasteiger partial charge < -0.3 is 0 Å². The van der Waals surface area contributed by atoms with Gasteiger partial charge in [-0.1, -0.05) is 26.2 Å². The molecular formula is C15H24N4O2S. The summed E-state index contributed by atoms with van der Waals surface area (Å²) < 4.78 is 29.1. The van der Waals surface area contributed by atoms with E-state index in [0.717, 1.165) is 36.9 Å². The molecule has 0 radical (unpaired) electrons. The molecule has 0 bridgehead atoms. The Morgan fingerprint density at radius 1 is 1.27 bits per heavy atom. The maximum absolute atomic E-state index is 13.0. The van der Waals surface area contributed by atoms with Crippen LogP contribution in [0.4, 0.5) is 0 Å². The van der Waals surface area contributed by atoms with Crippen LogP contribution < -0.4 is 0 Å². The lowest BCUT2D eigenvalue weighted by Gasteiger charge is -2.37. The Kier molecular flexibility index (Phi) is 4.47. The Labute approximate surface area is 132 Å². The molecule has 1 aromatic heterocycles. The van der Waals surface area contributed by atoms with Crippen LogP contribution in [0, 0.1) is 0 Å². The van der Waals surface area contributed by atoms with E-state index in [1.54, 1.807) is 21.9 Å². The van der Waals surface area contributed by atoms with E-state index in [1.165, 1.54) is 12.7 Å². The van der Waals surface area contributed by atoms with Crippen LogP contribution in [0.25, 0.3) is 0 Å². The lowest BCUT2D eigenvalue weighted by Crippen LogP contribution is -2.49. The van der Waals surface area contributed by atoms with Crippen molar-refractivity contribution in [2.45, 2.75) is 57.5 Å². The molecule has 2 heterocycles. The molecule has 1 unspecified atom stereocenters. The normalized spacial score (nSPS) is 24.4. The third kappa shape index (κ3) is 2.89. The minimum atomic E-state index is -3.43. The van der Waals surface area contributed by atoms with Crippen molar-refractivity contribution < 1.29 is 8.42 Å². The van der Waals surface area contributed by atoms with Gasteiger partial charge in [-0.25, -0.2) is 9.97 Å². The molecule has 1 fully saturated rings. The maximum atomic E-state index is 13.0. The first-order valence-electron chi connectivity index (χ1n) is 8.02. The van der Waals surface area contributed by atoms with Crippen molar-refractivity contribution >= 4 is 10.2 Å². The number of hydrogen-bond acceptors (Lipinski definition) is 4. The summed E-state index contributed by atoms with van der Waals surface area (Å²) in [5, 5.41) is 0. The van der Waals surface area contributed by atoms with Gasteiger partial charge in [0.15, 0.2) is 0 Å². The highest BCUT2D eigenvalue weighted by Gasteiger charge is 2.36. The Bertz CT molecular complexity index is 628. The third-order valence-electron chi connectivity index (χ3n) is 4.89. The molecule has 122 valence electrons. The van der Waals surface area contributed by atoms with Crippen molar-refractivity contribution in [2.75, 3.05) is 13.6 Å². The summed E-state index contributed by atoms with van der Waals surface area (Å²) in [7, 11) is -1.70.